The summed E-state index contributed by atoms with van der Waals surface area (Å²) in [6.45, 7) is 4.06. The average Bonchev–Trinajstić information content (AvgIpc) is 2.87. The van der Waals surface area contributed by atoms with Gasteiger partial charge in [-0.25, -0.2) is 0 Å². The summed E-state index contributed by atoms with van der Waals surface area (Å²) in [6, 6.07) is 0. The summed E-state index contributed by atoms with van der Waals surface area (Å²) in [5.41, 5.74) is 1.70. The number of aromatic nitrogens is 3. The molecule has 0 radical (unpaired) electrons. The third-order valence-corrected chi connectivity index (χ3v) is 2.86. The van der Waals surface area contributed by atoms with Gasteiger partial charge in [-0.3, -0.25) is 4.79 Å². The van der Waals surface area contributed by atoms with Gasteiger partial charge < -0.3 is 9.84 Å². The molecular formula is C9H10N4O2S. The highest BCUT2D eigenvalue weighted by Gasteiger charge is 2.12. The summed E-state index contributed by atoms with van der Waals surface area (Å²) >= 11 is 1.06. The average molecular weight is 238 g/mol. The normalized spacial score (nSPS) is 10.4. The molecule has 1 amide bonds. The Morgan fingerprint density at radius 3 is 2.94 bits per heavy atom. The van der Waals surface area contributed by atoms with E-state index in [0.29, 0.717) is 11.4 Å². The Bertz CT molecular complexity index is 472. The highest BCUT2D eigenvalue weighted by atomic mass is 32.1. The van der Waals surface area contributed by atoms with Crippen LogP contribution in [0.15, 0.2) is 10.7 Å². The summed E-state index contributed by atoms with van der Waals surface area (Å²) in [5, 5.41) is 10.2. The number of carbonyl (C=O) groups is 1. The van der Waals surface area contributed by atoms with Gasteiger partial charge >= 0.3 is 0 Å². The van der Waals surface area contributed by atoms with E-state index in [9.17, 15) is 4.79 Å². The van der Waals surface area contributed by atoms with Gasteiger partial charge in [-0.05, 0) is 25.4 Å². The van der Waals surface area contributed by atoms with E-state index in [4.69, 9.17) is 4.52 Å². The first kappa shape index (κ1) is 10.7. The highest BCUT2D eigenvalue weighted by Crippen LogP contribution is 2.12. The van der Waals surface area contributed by atoms with Gasteiger partial charge in [0.25, 0.3) is 5.91 Å². The van der Waals surface area contributed by atoms with E-state index in [1.165, 1.54) is 6.20 Å². The fourth-order valence-electron chi connectivity index (χ4n) is 1.28. The molecule has 16 heavy (non-hydrogen) atoms. The fraction of sp³-hybridized carbons (Fsp3) is 0.333. The molecule has 0 spiro atoms. The van der Waals surface area contributed by atoms with Crippen molar-refractivity contribution in [2.24, 2.45) is 0 Å². The van der Waals surface area contributed by atoms with Crippen LogP contribution in [0.25, 0.3) is 0 Å². The van der Waals surface area contributed by atoms with Crippen LogP contribution < -0.4 is 5.32 Å². The van der Waals surface area contributed by atoms with E-state index in [0.717, 1.165) is 28.6 Å². The molecule has 1 N–H and O–H groups in total. The van der Waals surface area contributed by atoms with E-state index in [1.54, 1.807) is 0 Å². The Morgan fingerprint density at radius 1 is 1.56 bits per heavy atom. The summed E-state index contributed by atoms with van der Waals surface area (Å²) in [6.07, 6.45) is 1.44. The van der Waals surface area contributed by atoms with E-state index >= 15 is 0 Å². The SMILES string of the molecule is Cc1noc(C)c1CNC(=O)c1cnns1. The molecule has 2 heterocycles. The van der Waals surface area contributed by atoms with Gasteiger partial charge in [0, 0.05) is 12.1 Å². The van der Waals surface area contributed by atoms with Crippen molar-refractivity contribution >= 4 is 17.4 Å². The zero-order chi connectivity index (χ0) is 11.5. The van der Waals surface area contributed by atoms with Crippen LogP contribution in [0, 0.1) is 13.8 Å². The predicted octanol–water partition coefficient (Wildman–Crippen LogP) is 1.07. The molecule has 0 aromatic carbocycles. The van der Waals surface area contributed by atoms with E-state index in [1.807, 2.05) is 13.8 Å². The van der Waals surface area contributed by atoms with E-state index in [-0.39, 0.29) is 5.91 Å². The second kappa shape index (κ2) is 4.40. The maximum absolute atomic E-state index is 11.6. The lowest BCUT2D eigenvalue weighted by Gasteiger charge is -2.01. The second-order valence-electron chi connectivity index (χ2n) is 3.27. The first-order valence-electron chi connectivity index (χ1n) is 4.66. The van der Waals surface area contributed by atoms with Crippen LogP contribution in [0.3, 0.4) is 0 Å². The predicted molar refractivity (Wildman–Crippen MR) is 57.1 cm³/mol. The van der Waals surface area contributed by atoms with Crippen LogP contribution in [0.1, 0.15) is 26.7 Å². The van der Waals surface area contributed by atoms with Gasteiger partial charge in [-0.15, -0.1) is 5.10 Å². The largest absolute Gasteiger partial charge is 0.361 e. The zero-order valence-corrected chi connectivity index (χ0v) is 9.67. The van der Waals surface area contributed by atoms with Crippen LogP contribution in [-0.2, 0) is 6.54 Å². The molecule has 0 aliphatic heterocycles. The highest BCUT2D eigenvalue weighted by molar-refractivity contribution is 7.07. The summed E-state index contributed by atoms with van der Waals surface area (Å²) in [5.74, 6) is 0.537. The molecule has 0 atom stereocenters. The first-order chi connectivity index (χ1) is 7.68. The van der Waals surface area contributed by atoms with Gasteiger partial charge in [0.05, 0.1) is 11.9 Å². The molecule has 2 rings (SSSR count). The number of rotatable bonds is 3. The van der Waals surface area contributed by atoms with Crippen LogP contribution in [-0.4, -0.2) is 20.7 Å². The van der Waals surface area contributed by atoms with E-state index < -0.39 is 0 Å². The van der Waals surface area contributed by atoms with E-state index in [2.05, 4.69) is 20.1 Å². The molecule has 0 bridgehead atoms. The number of aryl methyl sites for hydroxylation is 2. The molecule has 6 nitrogen and oxygen atoms in total. The monoisotopic (exact) mass is 238 g/mol. The van der Waals surface area contributed by atoms with Crippen LogP contribution in [0.2, 0.25) is 0 Å². The summed E-state index contributed by atoms with van der Waals surface area (Å²) in [4.78, 5) is 12.1. The molecule has 0 saturated carbocycles. The van der Waals surface area contributed by atoms with Crippen LogP contribution in [0.4, 0.5) is 0 Å². The van der Waals surface area contributed by atoms with Crippen LogP contribution >= 0.6 is 11.5 Å². The Balaban J connectivity index is 2.01. The van der Waals surface area contributed by atoms with Gasteiger partial charge in [-0.1, -0.05) is 9.64 Å². The van der Waals surface area contributed by atoms with Gasteiger partial charge in [0.15, 0.2) is 0 Å². The van der Waals surface area contributed by atoms with Crippen molar-refractivity contribution in [1.82, 2.24) is 20.1 Å². The molecule has 0 aliphatic carbocycles. The van der Waals surface area contributed by atoms with Crippen molar-refractivity contribution in [2.45, 2.75) is 20.4 Å². The van der Waals surface area contributed by atoms with Crippen molar-refractivity contribution < 1.29 is 9.32 Å². The third kappa shape index (κ3) is 2.08. The van der Waals surface area contributed by atoms with Gasteiger partial charge in [0.1, 0.15) is 10.6 Å². The van der Waals surface area contributed by atoms with Crippen molar-refractivity contribution in [3.63, 3.8) is 0 Å². The molecular weight excluding hydrogens is 228 g/mol. The number of nitrogens with one attached hydrogen (secondary N) is 1. The molecule has 0 unspecified atom stereocenters. The number of amides is 1. The summed E-state index contributed by atoms with van der Waals surface area (Å²) < 4.78 is 8.62. The molecule has 7 heteroatoms. The lowest BCUT2D eigenvalue weighted by atomic mass is 10.2. The lowest BCUT2D eigenvalue weighted by Crippen LogP contribution is -2.22. The van der Waals surface area contributed by atoms with Crippen molar-refractivity contribution in [2.75, 3.05) is 0 Å². The number of hydrogen-bond donors (Lipinski definition) is 1. The summed E-state index contributed by atoms with van der Waals surface area (Å²) in [7, 11) is 0. The number of nitrogens with zero attached hydrogens (tertiary/aromatic N) is 3. The number of carbonyl (C=O) groups excluding carboxylic acids is 1. The maximum Gasteiger partial charge on any atom is 0.264 e. The maximum atomic E-state index is 11.6. The lowest BCUT2D eigenvalue weighted by molar-refractivity contribution is 0.0954. The van der Waals surface area contributed by atoms with Gasteiger partial charge in [-0.2, -0.15) is 0 Å². The Hall–Kier alpha value is -1.76. The molecule has 0 fully saturated rings. The minimum Gasteiger partial charge on any atom is -0.361 e. The molecule has 2 aromatic heterocycles. The minimum absolute atomic E-state index is 0.185. The fourth-order valence-corrected chi connectivity index (χ4v) is 1.71. The quantitative estimate of drug-likeness (QED) is 0.865. The standard InChI is InChI=1S/C9H10N4O2S/c1-5-7(6(2)15-12-5)3-10-9(14)8-4-11-13-16-8/h4H,3H2,1-2H3,(H,10,14). The van der Waals surface area contributed by atoms with Crippen molar-refractivity contribution in [1.29, 1.82) is 0 Å². The van der Waals surface area contributed by atoms with Gasteiger partial charge in [0.2, 0.25) is 0 Å². The Kier molecular flexibility index (Phi) is 2.95. The Labute approximate surface area is 95.8 Å². The molecule has 84 valence electrons. The molecule has 0 aliphatic rings. The van der Waals surface area contributed by atoms with Crippen molar-refractivity contribution in [3.8, 4) is 0 Å². The van der Waals surface area contributed by atoms with Crippen LogP contribution in [0.5, 0.6) is 0 Å². The second-order valence-corrected chi connectivity index (χ2v) is 4.05. The Morgan fingerprint density at radius 2 is 2.38 bits per heavy atom. The third-order valence-electron chi connectivity index (χ3n) is 2.19. The molecule has 0 saturated heterocycles. The topological polar surface area (TPSA) is 80.9 Å². The zero-order valence-electron chi connectivity index (χ0n) is 8.85. The van der Waals surface area contributed by atoms with Crippen molar-refractivity contribution in [3.05, 3.63) is 28.1 Å². The first-order valence-corrected chi connectivity index (χ1v) is 5.43. The smallest absolute Gasteiger partial charge is 0.264 e. The minimum atomic E-state index is -0.185. The molecule has 2 aromatic rings. The number of hydrogen-bond acceptors (Lipinski definition) is 6.